The fraction of sp³-hybridized carbons (Fsp3) is 0.125. The molecule has 0 amide bonds. The molecule has 6 heteroatoms. The third-order valence-corrected chi connectivity index (χ3v) is 1.87. The minimum Gasteiger partial charge on any atom is -0.333 e. The second-order valence-corrected chi connectivity index (χ2v) is 2.82. The molecule has 0 aliphatic carbocycles. The van der Waals surface area contributed by atoms with Gasteiger partial charge in [-0.05, 0) is 19.1 Å². The predicted octanol–water partition coefficient (Wildman–Crippen LogP) is -0.549. The van der Waals surface area contributed by atoms with E-state index < -0.39 is 0 Å². The number of aromatic nitrogens is 4. The van der Waals surface area contributed by atoms with Crippen LogP contribution in [0.2, 0.25) is 0 Å². The molecular weight excluding hydrogens is 182 g/mol. The van der Waals surface area contributed by atoms with Crippen LogP contribution >= 0.6 is 0 Å². The van der Waals surface area contributed by atoms with Crippen LogP contribution in [-0.4, -0.2) is 19.4 Å². The van der Waals surface area contributed by atoms with Crippen LogP contribution in [0.25, 0.3) is 5.69 Å². The summed E-state index contributed by atoms with van der Waals surface area (Å²) in [6.07, 6.45) is 3.18. The average molecular weight is 191 g/mol. The highest BCUT2D eigenvalue weighted by molar-refractivity contribution is 5.25. The molecular formula is C8H9N5O. The van der Waals surface area contributed by atoms with Gasteiger partial charge in [-0.15, -0.1) is 5.10 Å². The second kappa shape index (κ2) is 2.99. The van der Waals surface area contributed by atoms with Crippen LogP contribution in [0.3, 0.4) is 0 Å². The summed E-state index contributed by atoms with van der Waals surface area (Å²) in [5.41, 5.74) is 0.223. The van der Waals surface area contributed by atoms with Crippen LogP contribution in [-0.2, 0) is 0 Å². The Labute approximate surface area is 79.6 Å². The fourth-order valence-corrected chi connectivity index (χ4v) is 1.12. The summed E-state index contributed by atoms with van der Waals surface area (Å²) >= 11 is 0. The van der Waals surface area contributed by atoms with Crippen molar-refractivity contribution >= 4 is 0 Å². The molecule has 0 aromatic carbocycles. The van der Waals surface area contributed by atoms with Crippen molar-refractivity contribution in [3.05, 3.63) is 40.8 Å². The van der Waals surface area contributed by atoms with Crippen LogP contribution in [0, 0.1) is 6.92 Å². The van der Waals surface area contributed by atoms with Gasteiger partial charge in [0.1, 0.15) is 0 Å². The maximum Gasteiger partial charge on any atom is 0.369 e. The minimum absolute atomic E-state index is 0.379. The SMILES string of the molecule is Cc1nn(-c2cccnc2)c(=O)n1N. The number of nitrogen functional groups attached to an aromatic ring is 1. The Hall–Kier alpha value is -2.11. The third-order valence-electron chi connectivity index (χ3n) is 1.87. The number of pyridine rings is 1. The molecule has 72 valence electrons. The number of nitrogens with two attached hydrogens (primary N) is 1. The molecule has 0 spiro atoms. The van der Waals surface area contributed by atoms with E-state index in [2.05, 4.69) is 10.1 Å². The molecule has 0 atom stereocenters. The van der Waals surface area contributed by atoms with Gasteiger partial charge in [0.15, 0.2) is 5.82 Å². The number of rotatable bonds is 1. The highest BCUT2D eigenvalue weighted by Crippen LogP contribution is 1.99. The van der Waals surface area contributed by atoms with Crippen molar-refractivity contribution in [2.24, 2.45) is 0 Å². The molecule has 14 heavy (non-hydrogen) atoms. The van der Waals surface area contributed by atoms with Gasteiger partial charge in [0.2, 0.25) is 0 Å². The third kappa shape index (κ3) is 1.17. The molecule has 0 saturated carbocycles. The Bertz CT molecular complexity index is 498. The molecule has 0 bridgehead atoms. The zero-order chi connectivity index (χ0) is 10.1. The second-order valence-electron chi connectivity index (χ2n) is 2.82. The quantitative estimate of drug-likeness (QED) is 0.613. The number of hydrogen-bond donors (Lipinski definition) is 1. The number of hydrogen-bond acceptors (Lipinski definition) is 4. The lowest BCUT2D eigenvalue weighted by Crippen LogP contribution is -2.29. The van der Waals surface area contributed by atoms with Crippen molar-refractivity contribution in [3.8, 4) is 5.69 Å². The van der Waals surface area contributed by atoms with Crippen molar-refractivity contribution in [1.29, 1.82) is 0 Å². The summed E-state index contributed by atoms with van der Waals surface area (Å²) < 4.78 is 2.20. The Morgan fingerprint density at radius 3 is 2.79 bits per heavy atom. The van der Waals surface area contributed by atoms with Gasteiger partial charge >= 0.3 is 5.69 Å². The molecule has 0 aliphatic rings. The molecule has 2 aromatic heterocycles. The van der Waals surface area contributed by atoms with Gasteiger partial charge < -0.3 is 5.84 Å². The van der Waals surface area contributed by atoms with E-state index in [4.69, 9.17) is 5.84 Å². The van der Waals surface area contributed by atoms with E-state index in [1.54, 1.807) is 31.5 Å². The number of nitrogens with zero attached hydrogens (tertiary/aromatic N) is 4. The molecule has 0 saturated heterocycles. The van der Waals surface area contributed by atoms with Gasteiger partial charge in [-0.3, -0.25) is 4.98 Å². The van der Waals surface area contributed by atoms with Gasteiger partial charge in [-0.2, -0.15) is 9.36 Å². The largest absolute Gasteiger partial charge is 0.369 e. The monoisotopic (exact) mass is 191 g/mol. The average Bonchev–Trinajstić information content (AvgIpc) is 2.47. The highest BCUT2D eigenvalue weighted by Gasteiger charge is 2.07. The summed E-state index contributed by atoms with van der Waals surface area (Å²) in [5, 5.41) is 3.98. The van der Waals surface area contributed by atoms with Gasteiger partial charge in [0.05, 0.1) is 11.9 Å². The summed E-state index contributed by atoms with van der Waals surface area (Å²) in [5.74, 6) is 5.90. The van der Waals surface area contributed by atoms with Crippen LogP contribution in [0.15, 0.2) is 29.3 Å². The lowest BCUT2D eigenvalue weighted by molar-refractivity contribution is 0.816. The number of aryl methyl sites for hydroxylation is 1. The van der Waals surface area contributed by atoms with Crippen LogP contribution in [0.1, 0.15) is 5.82 Å². The molecule has 2 N–H and O–H groups in total. The van der Waals surface area contributed by atoms with Crippen molar-refractivity contribution in [2.45, 2.75) is 6.92 Å². The van der Waals surface area contributed by atoms with Crippen LogP contribution in [0.5, 0.6) is 0 Å². The molecule has 0 fully saturated rings. The van der Waals surface area contributed by atoms with Gasteiger partial charge in [0.25, 0.3) is 0 Å². The van der Waals surface area contributed by atoms with E-state index >= 15 is 0 Å². The maximum atomic E-state index is 11.5. The zero-order valence-electron chi connectivity index (χ0n) is 7.58. The van der Waals surface area contributed by atoms with Crippen molar-refractivity contribution < 1.29 is 0 Å². The van der Waals surface area contributed by atoms with Crippen LogP contribution < -0.4 is 11.5 Å². The first-order chi connectivity index (χ1) is 6.70. The lowest BCUT2D eigenvalue weighted by Gasteiger charge is -1.95. The Kier molecular flexibility index (Phi) is 1.81. The molecule has 6 nitrogen and oxygen atoms in total. The van der Waals surface area contributed by atoms with Crippen molar-refractivity contribution in [3.63, 3.8) is 0 Å². The molecule has 0 unspecified atom stereocenters. The van der Waals surface area contributed by atoms with E-state index in [-0.39, 0.29) is 5.69 Å². The molecule has 0 radical (unpaired) electrons. The molecule has 2 rings (SSSR count). The molecule has 2 heterocycles. The van der Waals surface area contributed by atoms with Gasteiger partial charge in [0, 0.05) is 6.20 Å². The Balaban J connectivity index is 2.64. The first kappa shape index (κ1) is 8.49. The smallest absolute Gasteiger partial charge is 0.333 e. The fourth-order valence-electron chi connectivity index (χ4n) is 1.12. The topological polar surface area (TPSA) is 78.7 Å². The standard InChI is InChI=1S/C8H9N5O/c1-6-11-13(8(14)12(6)9)7-3-2-4-10-5-7/h2-5H,9H2,1H3. The Morgan fingerprint density at radius 2 is 2.29 bits per heavy atom. The van der Waals surface area contributed by atoms with E-state index in [0.717, 1.165) is 4.68 Å². The van der Waals surface area contributed by atoms with Crippen molar-refractivity contribution in [1.82, 2.24) is 19.4 Å². The molecule has 2 aromatic rings. The summed E-state index contributed by atoms with van der Waals surface area (Å²) in [6, 6.07) is 3.47. The summed E-state index contributed by atoms with van der Waals surface area (Å²) in [4.78, 5) is 15.4. The molecule has 0 aliphatic heterocycles. The highest BCUT2D eigenvalue weighted by atomic mass is 16.2. The van der Waals surface area contributed by atoms with Gasteiger partial charge in [-0.1, -0.05) is 0 Å². The van der Waals surface area contributed by atoms with E-state index in [1.807, 2.05) is 0 Å². The lowest BCUT2D eigenvalue weighted by atomic mass is 10.4. The maximum absolute atomic E-state index is 11.5. The van der Waals surface area contributed by atoms with E-state index in [9.17, 15) is 4.79 Å². The van der Waals surface area contributed by atoms with Crippen LogP contribution in [0.4, 0.5) is 0 Å². The predicted molar refractivity (Wildman–Crippen MR) is 50.5 cm³/mol. The van der Waals surface area contributed by atoms with E-state index in [0.29, 0.717) is 11.5 Å². The normalized spacial score (nSPS) is 10.4. The van der Waals surface area contributed by atoms with E-state index in [1.165, 1.54) is 4.68 Å². The van der Waals surface area contributed by atoms with Crippen molar-refractivity contribution in [2.75, 3.05) is 5.84 Å². The minimum atomic E-state index is -0.379. The first-order valence-electron chi connectivity index (χ1n) is 4.04. The first-order valence-corrected chi connectivity index (χ1v) is 4.04. The Morgan fingerprint density at radius 1 is 1.50 bits per heavy atom. The zero-order valence-corrected chi connectivity index (χ0v) is 7.58. The summed E-state index contributed by atoms with van der Waals surface area (Å²) in [6.45, 7) is 1.66. The van der Waals surface area contributed by atoms with Gasteiger partial charge in [-0.25, -0.2) is 4.79 Å². The summed E-state index contributed by atoms with van der Waals surface area (Å²) in [7, 11) is 0.